The topological polar surface area (TPSA) is 40.6 Å². The van der Waals surface area contributed by atoms with Crippen LogP contribution in [0.5, 0.6) is 0 Å². The third-order valence-corrected chi connectivity index (χ3v) is 4.33. The molecule has 0 spiro atoms. The molecule has 3 rings (SSSR count). The number of carbonyl (C=O) groups excluding carboxylic acids is 2. The van der Waals surface area contributed by atoms with E-state index >= 15 is 0 Å². The third kappa shape index (κ3) is 3.38. The van der Waals surface area contributed by atoms with Crippen molar-refractivity contribution in [2.45, 2.75) is 6.92 Å². The Morgan fingerprint density at radius 1 is 1.08 bits per heavy atom. The first-order valence-corrected chi connectivity index (χ1v) is 8.12. The maximum atomic E-state index is 13.3. The summed E-state index contributed by atoms with van der Waals surface area (Å²) in [5, 5.41) is 0. The molecular weight excluding hydrogens is 326 g/mol. The van der Waals surface area contributed by atoms with Crippen LogP contribution in [0.25, 0.3) is 0 Å². The molecule has 6 heteroatoms. The lowest BCUT2D eigenvalue weighted by molar-refractivity contribution is -0.126. The highest BCUT2D eigenvalue weighted by atomic mass is 19.2. The molecule has 1 fully saturated rings. The molecular formula is C19H18F2N2O2. The van der Waals surface area contributed by atoms with Crippen molar-refractivity contribution in [2.24, 2.45) is 5.92 Å². The summed E-state index contributed by atoms with van der Waals surface area (Å²) in [4.78, 5) is 28.1. The van der Waals surface area contributed by atoms with Crippen LogP contribution in [0.1, 0.15) is 17.3 Å². The molecule has 4 nitrogen and oxygen atoms in total. The molecule has 0 aliphatic carbocycles. The van der Waals surface area contributed by atoms with Gasteiger partial charge in [0.2, 0.25) is 5.91 Å². The minimum absolute atomic E-state index is 0.0389. The lowest BCUT2D eigenvalue weighted by Gasteiger charge is -2.40. The monoisotopic (exact) mass is 344 g/mol. The molecule has 0 aromatic heterocycles. The van der Waals surface area contributed by atoms with E-state index in [0.29, 0.717) is 6.54 Å². The highest BCUT2D eigenvalue weighted by molar-refractivity contribution is 5.99. The first kappa shape index (κ1) is 17.1. The van der Waals surface area contributed by atoms with E-state index in [9.17, 15) is 18.4 Å². The number of nitrogens with zero attached hydrogens (tertiary/aromatic N) is 2. The molecule has 1 heterocycles. The van der Waals surface area contributed by atoms with E-state index in [4.69, 9.17) is 0 Å². The highest BCUT2D eigenvalue weighted by Gasteiger charge is 2.38. The molecule has 0 bridgehead atoms. The predicted molar refractivity (Wildman–Crippen MR) is 90.2 cm³/mol. The highest BCUT2D eigenvalue weighted by Crippen LogP contribution is 2.24. The molecule has 2 amide bonds. The number of para-hydroxylation sites is 1. The van der Waals surface area contributed by atoms with Gasteiger partial charge in [0, 0.05) is 30.9 Å². The largest absolute Gasteiger partial charge is 0.337 e. The maximum Gasteiger partial charge on any atom is 0.254 e. The van der Waals surface area contributed by atoms with Crippen LogP contribution >= 0.6 is 0 Å². The summed E-state index contributed by atoms with van der Waals surface area (Å²) in [5.74, 6) is -2.77. The molecule has 1 saturated heterocycles. The predicted octanol–water partition coefficient (Wildman–Crippen LogP) is 3.09. The zero-order chi connectivity index (χ0) is 18.0. The lowest BCUT2D eigenvalue weighted by Crippen LogP contribution is -2.56. The maximum absolute atomic E-state index is 13.3. The van der Waals surface area contributed by atoms with Crippen molar-refractivity contribution in [3.63, 3.8) is 0 Å². The molecule has 0 N–H and O–H groups in total. The van der Waals surface area contributed by atoms with Gasteiger partial charge in [-0.2, -0.15) is 0 Å². The van der Waals surface area contributed by atoms with Gasteiger partial charge in [0.1, 0.15) is 0 Å². The summed E-state index contributed by atoms with van der Waals surface area (Å²) in [7, 11) is 0. The zero-order valence-electron chi connectivity index (χ0n) is 13.8. The number of hydrogen-bond acceptors (Lipinski definition) is 2. The van der Waals surface area contributed by atoms with Crippen LogP contribution in [0.15, 0.2) is 48.5 Å². The van der Waals surface area contributed by atoms with Crippen LogP contribution in [0, 0.1) is 17.6 Å². The van der Waals surface area contributed by atoms with Gasteiger partial charge in [-0.25, -0.2) is 8.78 Å². The third-order valence-electron chi connectivity index (χ3n) is 4.33. The first-order chi connectivity index (χ1) is 12.0. The van der Waals surface area contributed by atoms with Crippen molar-refractivity contribution in [1.82, 2.24) is 4.90 Å². The molecule has 0 radical (unpaired) electrons. The fourth-order valence-electron chi connectivity index (χ4n) is 2.91. The van der Waals surface area contributed by atoms with E-state index in [-0.39, 0.29) is 30.5 Å². The van der Waals surface area contributed by atoms with Gasteiger partial charge in [-0.15, -0.1) is 0 Å². The van der Waals surface area contributed by atoms with E-state index < -0.39 is 17.5 Å². The van der Waals surface area contributed by atoms with Gasteiger partial charge in [0.15, 0.2) is 11.6 Å². The number of benzene rings is 2. The smallest absolute Gasteiger partial charge is 0.254 e. The second kappa shape index (κ2) is 7.01. The van der Waals surface area contributed by atoms with Crippen LogP contribution < -0.4 is 4.90 Å². The Bertz CT molecular complexity index is 789. The molecule has 0 atom stereocenters. The van der Waals surface area contributed by atoms with Crippen molar-refractivity contribution in [1.29, 1.82) is 0 Å². The van der Waals surface area contributed by atoms with Crippen LogP contribution in [0.4, 0.5) is 14.5 Å². The van der Waals surface area contributed by atoms with Gasteiger partial charge in [0.25, 0.3) is 5.91 Å². The number of amides is 2. The van der Waals surface area contributed by atoms with Crippen molar-refractivity contribution >= 4 is 17.5 Å². The standard InChI is InChI=1S/C19H18F2N2O2/c1-2-23(15-6-4-3-5-7-15)19(25)14-11-22(12-14)18(24)13-8-9-16(20)17(21)10-13/h3-10,14H,2,11-12H2,1H3. The molecule has 130 valence electrons. The van der Waals surface area contributed by atoms with Crippen LogP contribution in [-0.2, 0) is 4.79 Å². The van der Waals surface area contributed by atoms with Gasteiger partial charge in [-0.05, 0) is 37.3 Å². The van der Waals surface area contributed by atoms with E-state index in [0.717, 1.165) is 17.8 Å². The number of halogens is 2. The fourth-order valence-corrected chi connectivity index (χ4v) is 2.91. The Balaban J connectivity index is 1.64. The van der Waals surface area contributed by atoms with Gasteiger partial charge in [-0.1, -0.05) is 18.2 Å². The molecule has 2 aromatic carbocycles. The average Bonchev–Trinajstić information content (AvgIpc) is 2.57. The van der Waals surface area contributed by atoms with Crippen molar-refractivity contribution in [2.75, 3.05) is 24.5 Å². The first-order valence-electron chi connectivity index (χ1n) is 8.12. The Hall–Kier alpha value is -2.76. The molecule has 25 heavy (non-hydrogen) atoms. The van der Waals surface area contributed by atoms with E-state index in [1.54, 1.807) is 4.90 Å². The SMILES string of the molecule is CCN(C(=O)C1CN(C(=O)c2ccc(F)c(F)c2)C1)c1ccccc1. The van der Waals surface area contributed by atoms with Crippen molar-refractivity contribution in [3.8, 4) is 0 Å². The van der Waals surface area contributed by atoms with Gasteiger partial charge in [-0.3, -0.25) is 9.59 Å². The normalized spacial score (nSPS) is 14.1. The molecule has 2 aromatic rings. The molecule has 1 aliphatic rings. The van der Waals surface area contributed by atoms with Gasteiger partial charge >= 0.3 is 0 Å². The van der Waals surface area contributed by atoms with E-state index in [2.05, 4.69) is 0 Å². The summed E-state index contributed by atoms with van der Waals surface area (Å²) in [6, 6.07) is 12.4. The quantitative estimate of drug-likeness (QED) is 0.855. The Morgan fingerprint density at radius 3 is 2.36 bits per heavy atom. The van der Waals surface area contributed by atoms with Gasteiger partial charge in [0.05, 0.1) is 5.92 Å². The fraction of sp³-hybridized carbons (Fsp3) is 0.263. The number of anilines is 1. The number of carbonyl (C=O) groups is 2. The Labute approximate surface area is 144 Å². The summed E-state index contributed by atoms with van der Waals surface area (Å²) in [6.45, 7) is 2.99. The summed E-state index contributed by atoms with van der Waals surface area (Å²) >= 11 is 0. The second-order valence-electron chi connectivity index (χ2n) is 5.95. The Kier molecular flexibility index (Phi) is 4.79. The Morgan fingerprint density at radius 2 is 1.76 bits per heavy atom. The summed E-state index contributed by atoms with van der Waals surface area (Å²) in [6.07, 6.45) is 0. The molecule has 0 unspecified atom stereocenters. The zero-order valence-corrected chi connectivity index (χ0v) is 13.8. The van der Waals surface area contributed by atoms with Crippen molar-refractivity contribution in [3.05, 3.63) is 65.7 Å². The average molecular weight is 344 g/mol. The number of rotatable bonds is 4. The van der Waals surface area contributed by atoms with Gasteiger partial charge < -0.3 is 9.80 Å². The minimum atomic E-state index is -1.06. The van der Waals surface area contributed by atoms with Crippen LogP contribution in [-0.4, -0.2) is 36.3 Å². The van der Waals surface area contributed by atoms with E-state index in [1.807, 2.05) is 37.3 Å². The molecule has 1 aliphatic heterocycles. The number of likely N-dealkylation sites (tertiary alicyclic amines) is 1. The van der Waals surface area contributed by atoms with E-state index in [1.165, 1.54) is 11.0 Å². The van der Waals surface area contributed by atoms with Crippen LogP contribution in [0.2, 0.25) is 0 Å². The number of hydrogen-bond donors (Lipinski definition) is 0. The summed E-state index contributed by atoms with van der Waals surface area (Å²) in [5.41, 5.74) is 0.903. The van der Waals surface area contributed by atoms with Crippen LogP contribution in [0.3, 0.4) is 0 Å². The van der Waals surface area contributed by atoms with Crippen molar-refractivity contribution < 1.29 is 18.4 Å². The summed E-state index contributed by atoms with van der Waals surface area (Å²) < 4.78 is 26.2. The second-order valence-corrected chi connectivity index (χ2v) is 5.95. The lowest BCUT2D eigenvalue weighted by atomic mass is 9.96. The molecule has 0 saturated carbocycles. The minimum Gasteiger partial charge on any atom is -0.337 e.